The quantitative estimate of drug-likeness (QED) is 0.807. The Hall–Kier alpha value is -2.24. The predicted molar refractivity (Wildman–Crippen MR) is 79.8 cm³/mol. The average Bonchev–Trinajstić information content (AvgIpc) is 3.32. The molecular weight excluding hydrogens is 280 g/mol. The average molecular weight is 298 g/mol. The van der Waals surface area contributed by atoms with Gasteiger partial charge in [0, 0.05) is 42.9 Å². The fraction of sp³-hybridized carbons (Fsp3) is 0.500. The number of rotatable bonds is 4. The molecule has 0 N–H and O–H groups in total. The molecule has 114 valence electrons. The van der Waals surface area contributed by atoms with Crippen LogP contribution >= 0.6 is 0 Å². The molecule has 0 amide bonds. The summed E-state index contributed by atoms with van der Waals surface area (Å²) in [5.74, 6) is 1.32. The van der Waals surface area contributed by atoms with E-state index in [0.29, 0.717) is 24.0 Å². The molecule has 1 aliphatic heterocycles. The van der Waals surface area contributed by atoms with Crippen molar-refractivity contribution in [3.8, 4) is 0 Å². The summed E-state index contributed by atoms with van der Waals surface area (Å²) in [5, 5.41) is 8.28. The number of pyridine rings is 1. The first-order chi connectivity index (χ1) is 10.8. The predicted octanol–water partition coefficient (Wildman–Crippen LogP) is 2.44. The molecule has 6 heteroatoms. The number of anilines is 1. The van der Waals surface area contributed by atoms with Crippen LogP contribution in [-0.2, 0) is 0 Å². The van der Waals surface area contributed by atoms with Gasteiger partial charge in [-0.2, -0.15) is 0 Å². The first kappa shape index (κ1) is 13.4. The van der Waals surface area contributed by atoms with Crippen LogP contribution in [-0.4, -0.2) is 34.1 Å². The first-order valence-electron chi connectivity index (χ1n) is 7.84. The Morgan fingerprint density at radius 1 is 1.27 bits per heavy atom. The van der Waals surface area contributed by atoms with Crippen molar-refractivity contribution in [1.29, 1.82) is 0 Å². The number of Topliss-reactive ketones (excluding diaryl/α,β-unsaturated/α-hetero) is 1. The topological polar surface area (TPSA) is 72.1 Å². The van der Waals surface area contributed by atoms with Gasteiger partial charge in [0.05, 0.1) is 0 Å². The zero-order valence-electron chi connectivity index (χ0n) is 12.3. The van der Waals surface area contributed by atoms with E-state index in [2.05, 4.69) is 15.2 Å². The van der Waals surface area contributed by atoms with Gasteiger partial charge in [-0.1, -0.05) is 5.10 Å². The summed E-state index contributed by atoms with van der Waals surface area (Å²) in [6.45, 7) is 1.50. The van der Waals surface area contributed by atoms with Crippen LogP contribution in [0.15, 0.2) is 28.9 Å². The molecule has 22 heavy (non-hydrogen) atoms. The van der Waals surface area contributed by atoms with Gasteiger partial charge in [-0.3, -0.25) is 9.78 Å². The van der Waals surface area contributed by atoms with Crippen molar-refractivity contribution in [2.75, 3.05) is 18.0 Å². The molecule has 0 radical (unpaired) electrons. The summed E-state index contributed by atoms with van der Waals surface area (Å²) < 4.78 is 5.76. The maximum Gasteiger partial charge on any atom is 0.318 e. The van der Waals surface area contributed by atoms with E-state index in [1.54, 1.807) is 18.5 Å². The molecule has 2 fully saturated rings. The van der Waals surface area contributed by atoms with Crippen LogP contribution in [0, 0.1) is 5.92 Å². The van der Waals surface area contributed by atoms with Crippen LogP contribution in [0.5, 0.6) is 0 Å². The third kappa shape index (κ3) is 2.61. The largest absolute Gasteiger partial charge is 0.408 e. The highest BCUT2D eigenvalue weighted by Gasteiger charge is 2.32. The normalized spacial score (nSPS) is 21.8. The number of carbonyl (C=O) groups excluding carboxylic acids is 1. The van der Waals surface area contributed by atoms with Gasteiger partial charge >= 0.3 is 6.01 Å². The minimum absolute atomic E-state index is 0.0331. The second kappa shape index (κ2) is 5.51. The Morgan fingerprint density at radius 2 is 2.18 bits per heavy atom. The number of ketones is 1. The second-order valence-corrected chi connectivity index (χ2v) is 6.09. The van der Waals surface area contributed by atoms with Crippen molar-refractivity contribution in [2.45, 2.75) is 31.6 Å². The van der Waals surface area contributed by atoms with E-state index in [-0.39, 0.29) is 11.7 Å². The van der Waals surface area contributed by atoms with E-state index in [1.807, 2.05) is 11.0 Å². The maximum atomic E-state index is 12.6. The highest BCUT2D eigenvalue weighted by molar-refractivity contribution is 5.97. The third-order valence-corrected chi connectivity index (χ3v) is 4.37. The molecular formula is C16H18N4O2. The third-order valence-electron chi connectivity index (χ3n) is 4.37. The lowest BCUT2D eigenvalue weighted by atomic mass is 9.91. The monoisotopic (exact) mass is 298 g/mol. The Bertz CT molecular complexity index is 666. The lowest BCUT2D eigenvalue weighted by Gasteiger charge is -2.30. The van der Waals surface area contributed by atoms with Crippen LogP contribution in [0.25, 0.3) is 0 Å². The summed E-state index contributed by atoms with van der Waals surface area (Å²) in [6, 6.07) is 4.19. The van der Waals surface area contributed by atoms with Gasteiger partial charge in [-0.05, 0) is 37.8 Å². The molecule has 2 aliphatic rings. The van der Waals surface area contributed by atoms with Crippen molar-refractivity contribution >= 4 is 11.8 Å². The van der Waals surface area contributed by atoms with Crippen LogP contribution in [0.1, 0.15) is 47.8 Å². The summed E-state index contributed by atoms with van der Waals surface area (Å²) in [6.07, 6.45) is 7.46. The van der Waals surface area contributed by atoms with Crippen LogP contribution in [0.4, 0.5) is 6.01 Å². The van der Waals surface area contributed by atoms with Crippen molar-refractivity contribution in [1.82, 2.24) is 15.2 Å². The number of aromatic nitrogens is 3. The number of hydrogen-bond donors (Lipinski definition) is 0. The zero-order valence-corrected chi connectivity index (χ0v) is 12.3. The van der Waals surface area contributed by atoms with Crippen molar-refractivity contribution in [3.05, 3.63) is 36.0 Å². The van der Waals surface area contributed by atoms with Crippen LogP contribution in [0.3, 0.4) is 0 Å². The molecule has 4 rings (SSSR count). The molecule has 1 saturated carbocycles. The van der Waals surface area contributed by atoms with Gasteiger partial charge < -0.3 is 9.32 Å². The van der Waals surface area contributed by atoms with Crippen LogP contribution < -0.4 is 4.90 Å². The van der Waals surface area contributed by atoms with Gasteiger partial charge in [-0.25, -0.2) is 0 Å². The van der Waals surface area contributed by atoms with Gasteiger partial charge in [0.1, 0.15) is 0 Å². The molecule has 2 aromatic heterocycles. The molecule has 6 nitrogen and oxygen atoms in total. The van der Waals surface area contributed by atoms with E-state index in [9.17, 15) is 4.79 Å². The summed E-state index contributed by atoms with van der Waals surface area (Å²) in [5.41, 5.74) is 0.679. The van der Waals surface area contributed by atoms with Gasteiger partial charge in [-0.15, -0.1) is 5.10 Å². The molecule has 0 unspecified atom stereocenters. The van der Waals surface area contributed by atoms with E-state index < -0.39 is 0 Å². The molecule has 2 aromatic rings. The molecule has 0 spiro atoms. The van der Waals surface area contributed by atoms with Gasteiger partial charge in [0.15, 0.2) is 5.78 Å². The minimum atomic E-state index is -0.0331. The zero-order chi connectivity index (χ0) is 14.9. The lowest BCUT2D eigenvalue weighted by molar-refractivity contribution is 0.0905. The summed E-state index contributed by atoms with van der Waals surface area (Å²) in [4.78, 5) is 18.6. The fourth-order valence-corrected chi connectivity index (χ4v) is 2.96. The van der Waals surface area contributed by atoms with Crippen molar-refractivity contribution in [3.63, 3.8) is 0 Å². The highest BCUT2D eigenvalue weighted by Crippen LogP contribution is 2.40. The van der Waals surface area contributed by atoms with Crippen LogP contribution in [0.2, 0.25) is 0 Å². The number of nitrogens with zero attached hydrogens (tertiary/aromatic N) is 4. The fourth-order valence-electron chi connectivity index (χ4n) is 2.96. The van der Waals surface area contributed by atoms with Crippen molar-refractivity contribution in [2.24, 2.45) is 5.92 Å². The lowest BCUT2D eigenvalue weighted by Crippen LogP contribution is -2.39. The van der Waals surface area contributed by atoms with E-state index in [4.69, 9.17) is 4.42 Å². The van der Waals surface area contributed by atoms with E-state index in [1.165, 1.54) is 0 Å². The van der Waals surface area contributed by atoms with E-state index in [0.717, 1.165) is 38.1 Å². The summed E-state index contributed by atoms with van der Waals surface area (Å²) >= 11 is 0. The Kier molecular flexibility index (Phi) is 3.36. The van der Waals surface area contributed by atoms with Gasteiger partial charge in [0.25, 0.3) is 0 Å². The Balaban J connectivity index is 1.48. The molecule has 3 heterocycles. The number of hydrogen-bond acceptors (Lipinski definition) is 6. The highest BCUT2D eigenvalue weighted by atomic mass is 16.4. The summed E-state index contributed by atoms with van der Waals surface area (Å²) in [7, 11) is 0. The molecule has 0 bridgehead atoms. The number of piperidine rings is 1. The van der Waals surface area contributed by atoms with E-state index >= 15 is 0 Å². The Morgan fingerprint density at radius 3 is 2.95 bits per heavy atom. The molecule has 1 saturated heterocycles. The second-order valence-electron chi connectivity index (χ2n) is 6.09. The standard InChI is InChI=1S/C16H18N4O2/c21-14(12-3-1-7-17-9-12)13-4-2-8-20(10-13)16-19-18-15(22-16)11-5-6-11/h1,3,7,9,11,13H,2,4-6,8,10H2/t13-/m1/s1. The smallest absolute Gasteiger partial charge is 0.318 e. The van der Waals surface area contributed by atoms with Crippen molar-refractivity contribution < 1.29 is 9.21 Å². The maximum absolute atomic E-state index is 12.6. The molecule has 1 atom stereocenters. The Labute approximate surface area is 128 Å². The minimum Gasteiger partial charge on any atom is -0.408 e. The SMILES string of the molecule is O=C(c1cccnc1)[C@@H]1CCCN(c2nnc(C3CC3)o2)C1. The van der Waals surface area contributed by atoms with Gasteiger partial charge in [0.2, 0.25) is 5.89 Å². The molecule has 1 aliphatic carbocycles. The number of carbonyl (C=O) groups is 1. The first-order valence-corrected chi connectivity index (χ1v) is 7.84. The molecule has 0 aromatic carbocycles.